The Kier molecular flexibility index (Phi) is 5.73. The maximum atomic E-state index is 12.1. The molecular weight excluding hydrogens is 278 g/mol. The summed E-state index contributed by atoms with van der Waals surface area (Å²) in [4.78, 5) is 26.4. The van der Waals surface area contributed by atoms with Crippen molar-refractivity contribution >= 4 is 29.2 Å². The zero-order valence-corrected chi connectivity index (χ0v) is 12.0. The Morgan fingerprint density at radius 1 is 1.40 bits per heavy atom. The van der Waals surface area contributed by atoms with Crippen molar-refractivity contribution in [1.29, 1.82) is 0 Å². The molecule has 20 heavy (non-hydrogen) atoms. The molecule has 1 aromatic carbocycles. The standard InChI is InChI=1S/C14H17N3O2.ClH/c1-9(7-15)8-16-14(19)11-6-13(18)17-12-5-3-2-4-10(11)12;/h2-6,9H,7-8,15H2,1H3,(H,16,19)(H,17,18);1H. The van der Waals surface area contributed by atoms with Crippen molar-refractivity contribution < 1.29 is 4.79 Å². The average molecular weight is 296 g/mol. The summed E-state index contributed by atoms with van der Waals surface area (Å²) in [5.74, 6) is -0.0418. The number of carbonyl (C=O) groups is 1. The molecule has 0 radical (unpaired) electrons. The number of nitrogens with two attached hydrogens (primary N) is 1. The first-order valence-electron chi connectivity index (χ1n) is 6.22. The third kappa shape index (κ3) is 3.59. The lowest BCUT2D eigenvalue weighted by Crippen LogP contribution is -2.32. The van der Waals surface area contributed by atoms with Gasteiger partial charge >= 0.3 is 0 Å². The Balaban J connectivity index is 0.00000200. The largest absolute Gasteiger partial charge is 0.352 e. The lowest BCUT2D eigenvalue weighted by Gasteiger charge is -2.11. The van der Waals surface area contributed by atoms with Crippen LogP contribution in [0, 0.1) is 5.92 Å². The van der Waals surface area contributed by atoms with Crippen molar-refractivity contribution in [3.63, 3.8) is 0 Å². The predicted octanol–water partition coefficient (Wildman–Crippen LogP) is 1.27. The molecule has 1 unspecified atom stereocenters. The first-order valence-corrected chi connectivity index (χ1v) is 6.22. The molecule has 0 saturated carbocycles. The maximum Gasteiger partial charge on any atom is 0.252 e. The molecule has 0 aliphatic heterocycles. The zero-order chi connectivity index (χ0) is 13.8. The van der Waals surface area contributed by atoms with E-state index in [0.717, 1.165) is 5.39 Å². The molecule has 6 heteroatoms. The summed E-state index contributed by atoms with van der Waals surface area (Å²) in [5, 5.41) is 3.53. The molecule has 5 nitrogen and oxygen atoms in total. The molecule has 0 aliphatic rings. The van der Waals surface area contributed by atoms with Crippen LogP contribution in [0.25, 0.3) is 10.9 Å². The summed E-state index contributed by atoms with van der Waals surface area (Å²) >= 11 is 0. The van der Waals surface area contributed by atoms with Gasteiger partial charge in [-0.05, 0) is 18.5 Å². The summed E-state index contributed by atoms with van der Waals surface area (Å²) in [6, 6.07) is 8.56. The van der Waals surface area contributed by atoms with Crippen molar-refractivity contribution in [2.24, 2.45) is 11.7 Å². The highest BCUT2D eigenvalue weighted by molar-refractivity contribution is 6.05. The number of halogens is 1. The van der Waals surface area contributed by atoms with E-state index in [4.69, 9.17) is 5.73 Å². The Bertz CT molecular complexity index is 654. The van der Waals surface area contributed by atoms with Gasteiger partial charge in [-0.15, -0.1) is 12.4 Å². The van der Waals surface area contributed by atoms with Crippen LogP contribution in [-0.2, 0) is 0 Å². The number of carbonyl (C=O) groups excluding carboxylic acids is 1. The van der Waals surface area contributed by atoms with Gasteiger partial charge in [-0.2, -0.15) is 0 Å². The van der Waals surface area contributed by atoms with Crippen molar-refractivity contribution in [1.82, 2.24) is 10.3 Å². The van der Waals surface area contributed by atoms with Gasteiger partial charge in [0.2, 0.25) is 5.56 Å². The fourth-order valence-corrected chi connectivity index (χ4v) is 1.84. The minimum atomic E-state index is -0.282. The summed E-state index contributed by atoms with van der Waals surface area (Å²) in [7, 11) is 0. The molecule has 1 aromatic heterocycles. The number of aromatic amines is 1. The highest BCUT2D eigenvalue weighted by Crippen LogP contribution is 2.14. The third-order valence-corrected chi connectivity index (χ3v) is 3.01. The minimum absolute atomic E-state index is 0. The molecule has 0 bridgehead atoms. The molecule has 1 atom stereocenters. The Morgan fingerprint density at radius 2 is 2.10 bits per heavy atom. The van der Waals surface area contributed by atoms with Crippen LogP contribution >= 0.6 is 12.4 Å². The van der Waals surface area contributed by atoms with E-state index in [1.807, 2.05) is 25.1 Å². The van der Waals surface area contributed by atoms with Gasteiger partial charge in [-0.3, -0.25) is 9.59 Å². The van der Waals surface area contributed by atoms with Crippen molar-refractivity contribution in [2.75, 3.05) is 13.1 Å². The predicted molar refractivity (Wildman–Crippen MR) is 82.4 cm³/mol. The minimum Gasteiger partial charge on any atom is -0.352 e. The van der Waals surface area contributed by atoms with Crippen LogP contribution in [0.4, 0.5) is 0 Å². The van der Waals surface area contributed by atoms with Gasteiger partial charge in [0.15, 0.2) is 0 Å². The van der Waals surface area contributed by atoms with E-state index in [1.54, 1.807) is 6.07 Å². The van der Waals surface area contributed by atoms with E-state index < -0.39 is 0 Å². The quantitative estimate of drug-likeness (QED) is 0.794. The first kappa shape index (κ1) is 16.2. The topological polar surface area (TPSA) is 88.0 Å². The van der Waals surface area contributed by atoms with E-state index in [2.05, 4.69) is 10.3 Å². The van der Waals surface area contributed by atoms with Crippen LogP contribution in [0.15, 0.2) is 35.1 Å². The molecule has 0 fully saturated rings. The number of aromatic nitrogens is 1. The van der Waals surface area contributed by atoms with Gasteiger partial charge in [0.25, 0.3) is 5.91 Å². The average Bonchev–Trinajstić information content (AvgIpc) is 2.43. The van der Waals surface area contributed by atoms with Crippen LogP contribution < -0.4 is 16.6 Å². The number of hydrogen-bond donors (Lipinski definition) is 3. The number of amides is 1. The van der Waals surface area contributed by atoms with E-state index in [1.165, 1.54) is 6.07 Å². The summed E-state index contributed by atoms with van der Waals surface area (Å²) in [6.07, 6.45) is 0. The Hall–Kier alpha value is -1.85. The van der Waals surface area contributed by atoms with E-state index in [9.17, 15) is 9.59 Å². The van der Waals surface area contributed by atoms with E-state index in [0.29, 0.717) is 24.2 Å². The molecule has 0 saturated heterocycles. The van der Waals surface area contributed by atoms with Crippen molar-refractivity contribution in [3.8, 4) is 0 Å². The van der Waals surface area contributed by atoms with Crippen LogP contribution in [0.5, 0.6) is 0 Å². The molecule has 2 aromatic rings. The Labute approximate surface area is 123 Å². The molecule has 108 valence electrons. The van der Waals surface area contributed by atoms with Gasteiger partial charge in [-0.25, -0.2) is 0 Å². The number of H-pyrrole nitrogens is 1. The molecule has 0 aliphatic carbocycles. The maximum absolute atomic E-state index is 12.1. The van der Waals surface area contributed by atoms with Gasteiger partial charge in [-0.1, -0.05) is 25.1 Å². The number of hydrogen-bond acceptors (Lipinski definition) is 3. The van der Waals surface area contributed by atoms with E-state index in [-0.39, 0.29) is 29.8 Å². The van der Waals surface area contributed by atoms with Crippen LogP contribution in [-0.4, -0.2) is 24.0 Å². The van der Waals surface area contributed by atoms with Crippen LogP contribution in [0.3, 0.4) is 0 Å². The lowest BCUT2D eigenvalue weighted by molar-refractivity contribution is 0.0950. The van der Waals surface area contributed by atoms with Crippen molar-refractivity contribution in [2.45, 2.75) is 6.92 Å². The second kappa shape index (κ2) is 7.07. The van der Waals surface area contributed by atoms with Crippen LogP contribution in [0.1, 0.15) is 17.3 Å². The molecule has 1 amide bonds. The van der Waals surface area contributed by atoms with Crippen molar-refractivity contribution in [3.05, 3.63) is 46.2 Å². The number of pyridine rings is 1. The van der Waals surface area contributed by atoms with Gasteiger partial charge in [0.05, 0.1) is 5.56 Å². The second-order valence-electron chi connectivity index (χ2n) is 4.64. The number of rotatable bonds is 4. The second-order valence-corrected chi connectivity index (χ2v) is 4.64. The summed E-state index contributed by atoms with van der Waals surface area (Å²) in [5.41, 5.74) is 6.28. The summed E-state index contributed by atoms with van der Waals surface area (Å²) in [6.45, 7) is 2.96. The molecule has 0 spiro atoms. The normalized spacial score (nSPS) is 11.7. The summed E-state index contributed by atoms with van der Waals surface area (Å²) < 4.78 is 0. The number of para-hydroxylation sites is 1. The van der Waals surface area contributed by atoms with E-state index >= 15 is 0 Å². The molecular formula is C14H18ClN3O2. The van der Waals surface area contributed by atoms with Gasteiger partial charge in [0.1, 0.15) is 0 Å². The number of nitrogens with one attached hydrogen (secondary N) is 2. The fraction of sp³-hybridized carbons (Fsp3) is 0.286. The Morgan fingerprint density at radius 3 is 2.80 bits per heavy atom. The number of fused-ring (bicyclic) bond motifs is 1. The SMILES string of the molecule is CC(CN)CNC(=O)c1cc(=O)[nH]c2ccccc12.Cl. The zero-order valence-electron chi connectivity index (χ0n) is 11.2. The lowest BCUT2D eigenvalue weighted by atomic mass is 10.1. The molecule has 1 heterocycles. The van der Waals surface area contributed by atoms with Gasteiger partial charge < -0.3 is 16.0 Å². The highest BCUT2D eigenvalue weighted by Gasteiger charge is 2.12. The smallest absolute Gasteiger partial charge is 0.252 e. The first-order chi connectivity index (χ1) is 9.11. The highest BCUT2D eigenvalue weighted by atomic mass is 35.5. The molecule has 4 N–H and O–H groups in total. The fourth-order valence-electron chi connectivity index (χ4n) is 1.84. The van der Waals surface area contributed by atoms with Crippen LogP contribution in [0.2, 0.25) is 0 Å². The molecule has 2 rings (SSSR count). The van der Waals surface area contributed by atoms with Gasteiger partial charge in [0, 0.05) is 23.5 Å². The monoisotopic (exact) mass is 295 g/mol. The third-order valence-electron chi connectivity index (χ3n) is 3.01. The number of benzene rings is 1.